The van der Waals surface area contributed by atoms with Crippen molar-refractivity contribution < 1.29 is 26.1 Å². The summed E-state index contributed by atoms with van der Waals surface area (Å²) >= 11 is 2.76. The van der Waals surface area contributed by atoms with Crippen LogP contribution in [0.15, 0.2) is 4.13 Å². The molecule has 3 nitrogen and oxygen atoms in total. The first-order valence-electron chi connectivity index (χ1n) is 0.523. The molecule has 0 aliphatic heterocycles. The molecule has 0 aromatic carbocycles. The monoisotopic (exact) mass is 103 g/mol. The van der Waals surface area contributed by atoms with E-state index in [1.165, 1.54) is 0 Å². The Kier molecular flexibility index (Phi) is 3.43. The maximum atomic E-state index is 7.15. The van der Waals surface area contributed by atoms with E-state index in [-0.39, 0.29) is 0 Å². The Bertz CT molecular complexity index is 20.0. The van der Waals surface area contributed by atoms with Crippen LogP contribution < -0.4 is 0 Å². The molecular weight excluding hydrogens is 102 g/mol. The van der Waals surface area contributed by atoms with Crippen LogP contribution in [0.1, 0.15) is 0 Å². The Morgan fingerprint density at radius 1 is 2.00 bits per heavy atom. The van der Waals surface area contributed by atoms with Gasteiger partial charge in [0.15, 0.2) is 0 Å². The normalized spacial score (nSPS) is 6.50. The van der Waals surface area contributed by atoms with Gasteiger partial charge in [-0.2, -0.15) is 0 Å². The fraction of sp³-hybridized carbons (Fsp3) is 0. The molecule has 0 saturated heterocycles. The molecule has 1 N–H and O–H groups in total. The van der Waals surface area contributed by atoms with Crippen molar-refractivity contribution in [3.63, 3.8) is 0 Å². The Morgan fingerprint density at radius 3 is 2.25 bits per heavy atom. The van der Waals surface area contributed by atoms with Crippen molar-refractivity contribution >= 4 is 0 Å². The summed E-state index contributed by atoms with van der Waals surface area (Å²) in [5.74, 6) is 0. The molecule has 4 heavy (non-hydrogen) atoms. The molecule has 0 unspecified atom stereocenters. The summed E-state index contributed by atoms with van der Waals surface area (Å²) in [4.78, 5) is 3.06. The van der Waals surface area contributed by atoms with Crippen LogP contribution in [0, 0.1) is 0 Å². The summed E-state index contributed by atoms with van der Waals surface area (Å²) < 4.78 is 2.54. The second-order valence-electron chi connectivity index (χ2n) is 0.146. The summed E-state index contributed by atoms with van der Waals surface area (Å²) in [5, 5.41) is 7.15. The maximum absolute atomic E-state index is 7.15. The van der Waals surface area contributed by atoms with Crippen molar-refractivity contribution in [1.82, 2.24) is 0 Å². The van der Waals surface area contributed by atoms with Gasteiger partial charge in [-0.1, -0.05) is 0 Å². The van der Waals surface area contributed by atoms with Crippen molar-refractivity contribution in [2.45, 2.75) is 0 Å². The molecule has 4 heteroatoms. The molecule has 0 amide bonds. The molecule has 0 fully saturated rings. The first-order chi connectivity index (χ1) is 1.91. The topological polar surface area (TPSA) is 41.8 Å². The molecule has 0 aliphatic carbocycles. The Hall–Kier alpha value is 0.239. The predicted molar refractivity (Wildman–Crippen MR) is 6.14 cm³/mol. The van der Waals surface area contributed by atoms with E-state index in [1.807, 2.05) is 0 Å². The third-order valence-corrected chi connectivity index (χ3v) is 0.119. The number of rotatable bonds is 1. The summed E-state index contributed by atoms with van der Waals surface area (Å²) in [6, 6.07) is 0. The third-order valence-electron chi connectivity index (χ3n) is 0.0289. The second kappa shape index (κ2) is 3.24. The van der Waals surface area contributed by atoms with E-state index >= 15 is 0 Å². The van der Waals surface area contributed by atoms with Gasteiger partial charge in [0.05, 0.1) is 0 Å². The fourth-order valence-electron chi connectivity index (χ4n) is 0. The van der Waals surface area contributed by atoms with Gasteiger partial charge in [0, 0.05) is 0 Å². The number of nitrogens with zero attached hydrogens (tertiary/aromatic N) is 1. The standard InChI is InChI=1S/Fe.HNO2/c;1-3-2/h;2H. The zero-order valence-corrected chi connectivity index (χ0v) is 2.76. The van der Waals surface area contributed by atoms with Gasteiger partial charge in [0.2, 0.25) is 0 Å². The first-order valence-corrected chi connectivity index (χ1v) is 1.02. The fourth-order valence-corrected chi connectivity index (χ4v) is 0. The average molecular weight is 103 g/mol. The molecule has 26 valence electrons. The van der Waals surface area contributed by atoms with Crippen molar-refractivity contribution in [2.24, 2.45) is 4.13 Å². The molecule has 0 radical (unpaired) electrons. The molecule has 0 spiro atoms. The van der Waals surface area contributed by atoms with Crippen molar-refractivity contribution in [3.05, 3.63) is 0 Å². The van der Waals surface area contributed by atoms with Crippen LogP contribution in [0.5, 0.6) is 0 Å². The van der Waals surface area contributed by atoms with E-state index in [0.717, 1.165) is 0 Å². The quantitative estimate of drug-likeness (QED) is 0.291. The molecule has 0 aromatic rings. The number of hydrogen-bond donors (Lipinski definition) is 1. The van der Waals surface area contributed by atoms with E-state index in [0.29, 0.717) is 0 Å². The molecule has 0 saturated carbocycles. The zero-order chi connectivity index (χ0) is 3.41. The molecule has 0 heterocycles. The summed E-state index contributed by atoms with van der Waals surface area (Å²) in [5.41, 5.74) is 0. The molecule has 0 aromatic heterocycles. The average Bonchev–Trinajstić information content (AvgIpc) is 1.37. The van der Waals surface area contributed by atoms with Gasteiger partial charge >= 0.3 is 30.2 Å². The molecule has 0 aliphatic rings. The van der Waals surface area contributed by atoms with E-state index in [9.17, 15) is 0 Å². The van der Waals surface area contributed by atoms with Crippen LogP contribution >= 0.6 is 0 Å². The van der Waals surface area contributed by atoms with Gasteiger partial charge < -0.3 is 0 Å². The van der Waals surface area contributed by atoms with Crippen LogP contribution in [0.2, 0.25) is 0 Å². The molecule has 0 rings (SSSR count). The SMILES string of the molecule is OO[N]=[Fe]. The van der Waals surface area contributed by atoms with Crippen LogP contribution in [0.25, 0.3) is 0 Å². The zero-order valence-electron chi connectivity index (χ0n) is 1.66. The van der Waals surface area contributed by atoms with Gasteiger partial charge in [-0.05, 0) is 0 Å². The van der Waals surface area contributed by atoms with Crippen LogP contribution in [0.3, 0.4) is 0 Å². The molecular formula is HFeNO2. The first kappa shape index (κ1) is 4.24. The van der Waals surface area contributed by atoms with E-state index in [4.69, 9.17) is 5.26 Å². The molecule has 0 bridgehead atoms. The van der Waals surface area contributed by atoms with Gasteiger partial charge in [0.1, 0.15) is 0 Å². The third kappa shape index (κ3) is 2.24. The van der Waals surface area contributed by atoms with Crippen LogP contribution in [0.4, 0.5) is 0 Å². The summed E-state index contributed by atoms with van der Waals surface area (Å²) in [6.45, 7) is 0. The molecule has 0 atom stereocenters. The van der Waals surface area contributed by atoms with Gasteiger partial charge in [-0.15, -0.1) is 0 Å². The van der Waals surface area contributed by atoms with E-state index in [2.05, 4.69) is 24.9 Å². The van der Waals surface area contributed by atoms with Crippen molar-refractivity contribution in [1.29, 1.82) is 0 Å². The second-order valence-corrected chi connectivity index (χ2v) is 0.348. The van der Waals surface area contributed by atoms with Crippen molar-refractivity contribution in [3.8, 4) is 0 Å². The van der Waals surface area contributed by atoms with E-state index < -0.39 is 0 Å². The van der Waals surface area contributed by atoms with Gasteiger partial charge in [-0.3, -0.25) is 0 Å². The predicted octanol–water partition coefficient (Wildman–Crippen LogP) is 0.121. The Morgan fingerprint density at radius 2 is 2.25 bits per heavy atom. The Balaban J connectivity index is 2.30. The van der Waals surface area contributed by atoms with Crippen LogP contribution in [-0.2, 0) is 20.8 Å². The Labute approximate surface area is 31.1 Å². The minimum atomic E-state index is 2.54. The van der Waals surface area contributed by atoms with Crippen LogP contribution in [-0.4, -0.2) is 5.26 Å². The van der Waals surface area contributed by atoms with Gasteiger partial charge in [-0.25, -0.2) is 0 Å². The van der Waals surface area contributed by atoms with Gasteiger partial charge in [0.25, 0.3) is 0 Å². The number of hydrogen-bond acceptors (Lipinski definition) is 3. The summed E-state index contributed by atoms with van der Waals surface area (Å²) in [7, 11) is 0. The van der Waals surface area contributed by atoms with Crippen molar-refractivity contribution in [2.75, 3.05) is 0 Å². The minimum absolute atomic E-state index is 2.54. The van der Waals surface area contributed by atoms with E-state index in [1.54, 1.807) is 0 Å². The summed E-state index contributed by atoms with van der Waals surface area (Å²) in [6.07, 6.45) is 0.